The Kier molecular flexibility index (Phi) is 6.93. The SMILES string of the molecule is CCCCc1cn(C(C)C2CCCC2)c(=O)n1Cc1ccc(-c2ccccc2-c2nn[nH]n2)cc1. The van der Waals surface area contributed by atoms with Crippen molar-refractivity contribution in [1.29, 1.82) is 0 Å². The third-order valence-electron chi connectivity index (χ3n) is 7.51. The highest BCUT2D eigenvalue weighted by molar-refractivity contribution is 5.80. The molecule has 2 aromatic carbocycles. The molecule has 1 atom stereocenters. The Morgan fingerprint density at radius 3 is 2.49 bits per heavy atom. The van der Waals surface area contributed by atoms with E-state index in [1.165, 1.54) is 25.7 Å². The van der Waals surface area contributed by atoms with Crippen molar-refractivity contribution in [1.82, 2.24) is 29.8 Å². The van der Waals surface area contributed by atoms with Gasteiger partial charge >= 0.3 is 5.69 Å². The van der Waals surface area contributed by atoms with Gasteiger partial charge in [0.1, 0.15) is 0 Å². The summed E-state index contributed by atoms with van der Waals surface area (Å²) in [4.78, 5) is 13.5. The second-order valence-corrected chi connectivity index (χ2v) is 9.76. The quantitative estimate of drug-likeness (QED) is 0.343. The molecular formula is C28H34N6O. The Balaban J connectivity index is 1.42. The van der Waals surface area contributed by atoms with E-state index < -0.39 is 0 Å². The summed E-state index contributed by atoms with van der Waals surface area (Å²) < 4.78 is 4.00. The van der Waals surface area contributed by atoms with Crippen LogP contribution in [0.15, 0.2) is 59.5 Å². The molecule has 7 heteroatoms. The summed E-state index contributed by atoms with van der Waals surface area (Å²) in [6, 6.07) is 16.8. The van der Waals surface area contributed by atoms with Crippen molar-refractivity contribution in [3.05, 3.63) is 76.5 Å². The zero-order valence-corrected chi connectivity index (χ0v) is 20.7. The van der Waals surface area contributed by atoms with E-state index in [0.717, 1.165) is 47.2 Å². The lowest BCUT2D eigenvalue weighted by atomic mass is 9.98. The van der Waals surface area contributed by atoms with Crippen molar-refractivity contribution >= 4 is 0 Å². The first-order valence-electron chi connectivity index (χ1n) is 12.9. The first-order chi connectivity index (χ1) is 17.2. The average Bonchev–Trinajstić information content (AvgIpc) is 3.66. The number of aromatic nitrogens is 6. The molecule has 1 saturated carbocycles. The van der Waals surface area contributed by atoms with Crippen LogP contribution in [0.3, 0.4) is 0 Å². The minimum atomic E-state index is 0.127. The molecule has 1 N–H and O–H groups in total. The van der Waals surface area contributed by atoms with E-state index in [-0.39, 0.29) is 11.7 Å². The number of nitrogens with one attached hydrogen (secondary N) is 1. The first kappa shape index (κ1) is 23.3. The van der Waals surface area contributed by atoms with E-state index in [4.69, 9.17) is 0 Å². The van der Waals surface area contributed by atoms with E-state index in [2.05, 4.69) is 71.0 Å². The maximum Gasteiger partial charge on any atom is 0.328 e. The van der Waals surface area contributed by atoms with Crippen molar-refractivity contribution in [2.45, 2.75) is 71.4 Å². The summed E-state index contributed by atoms with van der Waals surface area (Å²) in [5.41, 5.74) is 5.47. The minimum absolute atomic E-state index is 0.127. The predicted octanol–water partition coefficient (Wildman–Crippen LogP) is 5.64. The Morgan fingerprint density at radius 1 is 1.06 bits per heavy atom. The Hall–Kier alpha value is -3.48. The van der Waals surface area contributed by atoms with Gasteiger partial charge in [-0.3, -0.25) is 9.13 Å². The maximum absolute atomic E-state index is 13.5. The lowest BCUT2D eigenvalue weighted by Gasteiger charge is -2.19. The number of aryl methyl sites for hydroxylation is 1. The van der Waals surface area contributed by atoms with E-state index in [1.807, 2.05) is 27.3 Å². The average molecular weight is 471 g/mol. The fraction of sp³-hybridized carbons (Fsp3) is 0.429. The van der Waals surface area contributed by atoms with Crippen LogP contribution in [0.25, 0.3) is 22.5 Å². The number of nitrogens with zero attached hydrogens (tertiary/aromatic N) is 5. The lowest BCUT2D eigenvalue weighted by Crippen LogP contribution is -2.29. The molecule has 0 spiro atoms. The van der Waals surface area contributed by atoms with Crippen LogP contribution < -0.4 is 5.69 Å². The summed E-state index contributed by atoms with van der Waals surface area (Å²) in [5.74, 6) is 1.19. The third kappa shape index (κ3) is 4.85. The van der Waals surface area contributed by atoms with Crippen molar-refractivity contribution in [3.63, 3.8) is 0 Å². The molecule has 1 unspecified atom stereocenters. The van der Waals surface area contributed by atoms with Crippen LogP contribution in [0.1, 0.15) is 69.7 Å². The summed E-state index contributed by atoms with van der Waals surface area (Å²) >= 11 is 0. The fourth-order valence-corrected chi connectivity index (χ4v) is 5.41. The molecule has 1 aliphatic carbocycles. The van der Waals surface area contributed by atoms with Gasteiger partial charge in [-0.25, -0.2) is 4.79 Å². The molecule has 2 aromatic heterocycles. The smallest absolute Gasteiger partial charge is 0.296 e. The second-order valence-electron chi connectivity index (χ2n) is 9.76. The molecule has 1 fully saturated rings. The maximum atomic E-state index is 13.5. The van der Waals surface area contributed by atoms with Crippen molar-refractivity contribution in [3.8, 4) is 22.5 Å². The van der Waals surface area contributed by atoms with Gasteiger partial charge in [-0.1, -0.05) is 74.7 Å². The van der Waals surface area contributed by atoms with Crippen LogP contribution in [0.4, 0.5) is 0 Å². The van der Waals surface area contributed by atoms with Gasteiger partial charge in [0.25, 0.3) is 0 Å². The summed E-state index contributed by atoms with van der Waals surface area (Å²) in [5, 5.41) is 14.5. The van der Waals surface area contributed by atoms with Crippen molar-refractivity contribution in [2.75, 3.05) is 0 Å². The van der Waals surface area contributed by atoms with Gasteiger partial charge in [0, 0.05) is 23.5 Å². The van der Waals surface area contributed by atoms with E-state index in [0.29, 0.717) is 18.3 Å². The normalized spacial score (nSPS) is 15.0. The summed E-state index contributed by atoms with van der Waals surface area (Å²) in [6.07, 6.45) is 10.3. The topological polar surface area (TPSA) is 81.4 Å². The second kappa shape index (κ2) is 10.4. The van der Waals surface area contributed by atoms with Gasteiger partial charge < -0.3 is 0 Å². The Labute approximate surface area is 206 Å². The highest BCUT2D eigenvalue weighted by Gasteiger charge is 2.25. The molecule has 1 aliphatic rings. The number of benzene rings is 2. The van der Waals surface area contributed by atoms with Crippen molar-refractivity contribution < 1.29 is 0 Å². The molecule has 35 heavy (non-hydrogen) atoms. The molecule has 5 rings (SSSR count). The van der Waals surface area contributed by atoms with Crippen LogP contribution >= 0.6 is 0 Å². The third-order valence-corrected chi connectivity index (χ3v) is 7.51. The highest BCUT2D eigenvalue weighted by atomic mass is 16.1. The number of aromatic amines is 1. The molecule has 0 aliphatic heterocycles. The van der Waals surface area contributed by atoms with Crippen molar-refractivity contribution in [2.24, 2.45) is 5.92 Å². The number of tetrazole rings is 1. The first-order valence-corrected chi connectivity index (χ1v) is 12.9. The lowest BCUT2D eigenvalue weighted by molar-refractivity contribution is 0.351. The fourth-order valence-electron chi connectivity index (χ4n) is 5.41. The van der Waals surface area contributed by atoms with Crippen LogP contribution in [-0.2, 0) is 13.0 Å². The molecule has 0 saturated heterocycles. The highest BCUT2D eigenvalue weighted by Crippen LogP contribution is 2.34. The largest absolute Gasteiger partial charge is 0.328 e. The monoisotopic (exact) mass is 470 g/mol. The molecule has 182 valence electrons. The molecule has 0 bridgehead atoms. The van der Waals surface area contributed by atoms with Gasteiger partial charge in [-0.2, -0.15) is 5.21 Å². The van der Waals surface area contributed by atoms with Gasteiger partial charge in [0.2, 0.25) is 5.82 Å². The van der Waals surface area contributed by atoms with Gasteiger partial charge in [-0.05, 0) is 60.4 Å². The zero-order chi connectivity index (χ0) is 24.2. The molecule has 7 nitrogen and oxygen atoms in total. The van der Waals surface area contributed by atoms with E-state index >= 15 is 0 Å². The molecule has 0 amide bonds. The number of hydrogen-bond donors (Lipinski definition) is 1. The predicted molar refractivity (Wildman–Crippen MR) is 138 cm³/mol. The molecule has 2 heterocycles. The van der Waals surface area contributed by atoms with Crippen LogP contribution in [0.5, 0.6) is 0 Å². The van der Waals surface area contributed by atoms with E-state index in [9.17, 15) is 4.79 Å². The van der Waals surface area contributed by atoms with Gasteiger partial charge in [0.05, 0.1) is 6.54 Å². The van der Waals surface area contributed by atoms with Gasteiger partial charge in [-0.15, -0.1) is 10.2 Å². The minimum Gasteiger partial charge on any atom is -0.296 e. The molecule has 0 radical (unpaired) electrons. The molecular weight excluding hydrogens is 436 g/mol. The van der Waals surface area contributed by atoms with Crippen LogP contribution in [0.2, 0.25) is 0 Å². The summed E-state index contributed by atoms with van der Waals surface area (Å²) in [6.45, 7) is 5.02. The Bertz CT molecular complexity index is 1300. The van der Waals surface area contributed by atoms with E-state index in [1.54, 1.807) is 0 Å². The number of imidazole rings is 1. The molecule has 4 aromatic rings. The number of hydrogen-bond acceptors (Lipinski definition) is 4. The Morgan fingerprint density at radius 2 is 1.80 bits per heavy atom. The standard InChI is InChI=1S/C28H34N6O/c1-3-4-11-24-19-33(20(2)22-9-5-6-10-22)28(35)34(24)18-21-14-16-23(17-15-21)25-12-7-8-13-26(25)27-29-31-32-30-27/h7-8,12-17,19-20,22H,3-6,9-11,18H2,1-2H3,(H,29,30,31,32). The van der Waals surface area contributed by atoms with Gasteiger partial charge in [0.15, 0.2) is 0 Å². The van der Waals surface area contributed by atoms with Crippen LogP contribution in [-0.4, -0.2) is 29.8 Å². The summed E-state index contributed by atoms with van der Waals surface area (Å²) in [7, 11) is 0. The number of unbranched alkanes of at least 4 members (excludes halogenated alkanes) is 1. The number of H-pyrrole nitrogens is 1. The number of rotatable bonds is 9. The zero-order valence-electron chi connectivity index (χ0n) is 20.7. The van der Waals surface area contributed by atoms with Crippen LogP contribution in [0, 0.1) is 5.92 Å².